The number of hydrogen-bond donors (Lipinski definition) is 1. The van der Waals surface area contributed by atoms with Gasteiger partial charge in [-0.25, -0.2) is 9.18 Å². The van der Waals surface area contributed by atoms with Gasteiger partial charge in [0.05, 0.1) is 5.39 Å². The molecule has 0 saturated carbocycles. The molecule has 3 aromatic rings. The smallest absolute Gasteiger partial charge is 0.374 e. The number of amides is 1. The molecule has 0 saturated heterocycles. The van der Waals surface area contributed by atoms with Gasteiger partial charge in [-0.1, -0.05) is 17.7 Å². The zero-order chi connectivity index (χ0) is 19.6. The molecular weight excluding hydrogens is 377 g/mol. The van der Waals surface area contributed by atoms with E-state index in [1.165, 1.54) is 30.3 Å². The fourth-order valence-corrected chi connectivity index (χ4v) is 2.47. The highest BCUT2D eigenvalue weighted by atomic mass is 35.5. The van der Waals surface area contributed by atoms with Crippen molar-refractivity contribution in [1.29, 1.82) is 0 Å². The van der Waals surface area contributed by atoms with Crippen LogP contribution < -0.4 is 10.7 Å². The Morgan fingerprint density at radius 3 is 2.70 bits per heavy atom. The van der Waals surface area contributed by atoms with E-state index < -0.39 is 29.7 Å². The van der Waals surface area contributed by atoms with Crippen molar-refractivity contribution in [2.75, 3.05) is 11.9 Å². The van der Waals surface area contributed by atoms with E-state index in [1.54, 1.807) is 6.92 Å². The first-order valence-corrected chi connectivity index (χ1v) is 8.18. The van der Waals surface area contributed by atoms with Crippen LogP contribution in [0.25, 0.3) is 11.0 Å². The summed E-state index contributed by atoms with van der Waals surface area (Å²) in [5, 5.41) is 2.98. The summed E-state index contributed by atoms with van der Waals surface area (Å²) in [5.41, 5.74) is 0.365. The summed E-state index contributed by atoms with van der Waals surface area (Å²) in [5.74, 6) is -2.46. The fourth-order valence-electron chi connectivity index (χ4n) is 2.30. The van der Waals surface area contributed by atoms with Crippen molar-refractivity contribution in [2.24, 2.45) is 0 Å². The maximum absolute atomic E-state index is 13.5. The zero-order valence-corrected chi connectivity index (χ0v) is 14.8. The van der Waals surface area contributed by atoms with Crippen LogP contribution in [-0.2, 0) is 9.53 Å². The van der Waals surface area contributed by atoms with Gasteiger partial charge in [-0.15, -0.1) is 0 Å². The molecule has 3 rings (SSSR count). The second-order valence-corrected chi connectivity index (χ2v) is 6.14. The number of carbonyl (C=O) groups is 2. The molecule has 1 heterocycles. The van der Waals surface area contributed by atoms with Crippen LogP contribution in [0.2, 0.25) is 5.02 Å². The Labute approximate surface area is 157 Å². The third-order valence-electron chi connectivity index (χ3n) is 3.68. The molecule has 1 amide bonds. The lowest BCUT2D eigenvalue weighted by molar-refractivity contribution is -0.119. The van der Waals surface area contributed by atoms with E-state index in [0.717, 1.165) is 12.1 Å². The number of ether oxygens (including phenoxy) is 1. The van der Waals surface area contributed by atoms with E-state index in [4.69, 9.17) is 20.8 Å². The van der Waals surface area contributed by atoms with Gasteiger partial charge in [0, 0.05) is 16.8 Å². The predicted octanol–water partition coefficient (Wildman–Crippen LogP) is 3.69. The maximum Gasteiger partial charge on any atom is 0.374 e. The second-order valence-electron chi connectivity index (χ2n) is 5.70. The van der Waals surface area contributed by atoms with Gasteiger partial charge in [-0.3, -0.25) is 9.59 Å². The Hall–Kier alpha value is -3.19. The van der Waals surface area contributed by atoms with Gasteiger partial charge in [0.25, 0.3) is 5.91 Å². The lowest BCUT2D eigenvalue weighted by Gasteiger charge is -2.07. The summed E-state index contributed by atoms with van der Waals surface area (Å²) in [6.07, 6.45) is 0. The molecule has 1 N–H and O–H groups in total. The van der Waals surface area contributed by atoms with Gasteiger partial charge in [0.15, 0.2) is 12.0 Å². The van der Waals surface area contributed by atoms with Gasteiger partial charge >= 0.3 is 5.97 Å². The van der Waals surface area contributed by atoms with Crippen molar-refractivity contribution < 1.29 is 23.1 Å². The summed E-state index contributed by atoms with van der Waals surface area (Å²) in [4.78, 5) is 35.9. The van der Waals surface area contributed by atoms with Crippen LogP contribution >= 0.6 is 11.6 Å². The highest BCUT2D eigenvalue weighted by Crippen LogP contribution is 2.18. The van der Waals surface area contributed by atoms with Gasteiger partial charge in [0.1, 0.15) is 11.4 Å². The molecule has 138 valence electrons. The van der Waals surface area contributed by atoms with Crippen molar-refractivity contribution in [2.45, 2.75) is 6.92 Å². The summed E-state index contributed by atoms with van der Waals surface area (Å²) in [6, 6.07) is 9.53. The van der Waals surface area contributed by atoms with E-state index in [9.17, 15) is 18.8 Å². The Morgan fingerprint density at radius 2 is 1.96 bits per heavy atom. The average molecular weight is 390 g/mol. The lowest BCUT2D eigenvalue weighted by Crippen LogP contribution is -2.21. The average Bonchev–Trinajstić information content (AvgIpc) is 2.63. The number of esters is 1. The molecule has 8 heteroatoms. The topological polar surface area (TPSA) is 85.6 Å². The first-order chi connectivity index (χ1) is 12.8. The van der Waals surface area contributed by atoms with Crippen LogP contribution in [0.5, 0.6) is 0 Å². The Kier molecular flexibility index (Phi) is 5.23. The largest absolute Gasteiger partial charge is 0.450 e. The summed E-state index contributed by atoms with van der Waals surface area (Å²) < 4.78 is 23.6. The van der Waals surface area contributed by atoms with Crippen LogP contribution in [0.3, 0.4) is 0 Å². The zero-order valence-electron chi connectivity index (χ0n) is 14.0. The van der Waals surface area contributed by atoms with Crippen molar-refractivity contribution >= 4 is 40.1 Å². The SMILES string of the molecule is Cc1ccc(NC(=O)COC(=O)c2cc(=O)c3cc(Cl)ccc3o2)cc1F. The van der Waals surface area contributed by atoms with Gasteiger partial charge in [-0.2, -0.15) is 0 Å². The lowest BCUT2D eigenvalue weighted by atomic mass is 10.2. The van der Waals surface area contributed by atoms with Crippen LogP contribution in [0, 0.1) is 12.7 Å². The number of benzene rings is 2. The van der Waals surface area contributed by atoms with Gasteiger partial charge in [-0.05, 0) is 42.8 Å². The minimum absolute atomic E-state index is 0.165. The molecule has 0 unspecified atom stereocenters. The molecule has 0 aliphatic rings. The summed E-state index contributed by atoms with van der Waals surface area (Å²) in [6.45, 7) is 0.963. The number of anilines is 1. The van der Waals surface area contributed by atoms with E-state index in [1.807, 2.05) is 0 Å². The second kappa shape index (κ2) is 7.59. The molecule has 0 atom stereocenters. The van der Waals surface area contributed by atoms with Crippen molar-refractivity contribution in [1.82, 2.24) is 0 Å². The molecule has 0 aliphatic heterocycles. The molecule has 0 bridgehead atoms. The first-order valence-electron chi connectivity index (χ1n) is 7.80. The number of halogens is 2. The van der Waals surface area contributed by atoms with Crippen LogP contribution in [0.15, 0.2) is 51.7 Å². The quantitative estimate of drug-likeness (QED) is 0.688. The van der Waals surface area contributed by atoms with E-state index in [-0.39, 0.29) is 22.4 Å². The van der Waals surface area contributed by atoms with E-state index in [2.05, 4.69) is 5.32 Å². The minimum atomic E-state index is -0.978. The van der Waals surface area contributed by atoms with Crippen LogP contribution in [-0.4, -0.2) is 18.5 Å². The van der Waals surface area contributed by atoms with Crippen LogP contribution in [0.4, 0.5) is 10.1 Å². The highest BCUT2D eigenvalue weighted by Gasteiger charge is 2.16. The third-order valence-corrected chi connectivity index (χ3v) is 3.92. The number of fused-ring (bicyclic) bond motifs is 1. The Balaban J connectivity index is 1.67. The maximum atomic E-state index is 13.5. The molecule has 2 aromatic carbocycles. The molecule has 0 fully saturated rings. The van der Waals surface area contributed by atoms with E-state index >= 15 is 0 Å². The van der Waals surface area contributed by atoms with Crippen molar-refractivity contribution in [3.05, 3.63) is 74.9 Å². The Bertz CT molecular complexity index is 1110. The van der Waals surface area contributed by atoms with Gasteiger partial charge in [0.2, 0.25) is 5.76 Å². The van der Waals surface area contributed by atoms with Crippen molar-refractivity contribution in [3.8, 4) is 0 Å². The number of carbonyl (C=O) groups excluding carboxylic acids is 2. The normalized spacial score (nSPS) is 10.6. The fraction of sp³-hybridized carbons (Fsp3) is 0.105. The number of nitrogens with one attached hydrogen (secondary N) is 1. The molecule has 0 radical (unpaired) electrons. The predicted molar refractivity (Wildman–Crippen MR) is 97.5 cm³/mol. The van der Waals surface area contributed by atoms with Crippen molar-refractivity contribution in [3.63, 3.8) is 0 Å². The highest BCUT2D eigenvalue weighted by molar-refractivity contribution is 6.31. The molecule has 0 aliphatic carbocycles. The first kappa shape index (κ1) is 18.6. The molecule has 0 spiro atoms. The number of hydrogen-bond acceptors (Lipinski definition) is 5. The summed E-state index contributed by atoms with van der Waals surface area (Å²) >= 11 is 5.82. The van der Waals surface area contributed by atoms with E-state index in [0.29, 0.717) is 10.6 Å². The standard InChI is InChI=1S/C19H13ClFNO5/c1-10-2-4-12(7-14(10)21)22-18(24)9-26-19(25)17-8-15(23)13-6-11(20)3-5-16(13)27-17/h2-8H,9H2,1H3,(H,22,24). The molecule has 6 nitrogen and oxygen atoms in total. The minimum Gasteiger partial charge on any atom is -0.450 e. The monoisotopic (exact) mass is 389 g/mol. The number of aryl methyl sites for hydroxylation is 1. The molecule has 27 heavy (non-hydrogen) atoms. The number of rotatable bonds is 4. The van der Waals surface area contributed by atoms with Gasteiger partial charge < -0.3 is 14.5 Å². The Morgan fingerprint density at radius 1 is 1.19 bits per heavy atom. The third kappa shape index (κ3) is 4.32. The molecule has 1 aromatic heterocycles. The molecular formula is C19H13ClFNO5. The summed E-state index contributed by atoms with van der Waals surface area (Å²) in [7, 11) is 0. The van der Waals surface area contributed by atoms with Crippen LogP contribution in [0.1, 0.15) is 16.1 Å².